The van der Waals surface area contributed by atoms with Gasteiger partial charge in [0.2, 0.25) is 0 Å². The highest BCUT2D eigenvalue weighted by Crippen LogP contribution is 2.20. The van der Waals surface area contributed by atoms with Gasteiger partial charge in [-0.15, -0.1) is 0 Å². The van der Waals surface area contributed by atoms with Crippen LogP contribution in [0.25, 0.3) is 0 Å². The van der Waals surface area contributed by atoms with Gasteiger partial charge in [-0.1, -0.05) is 66.7 Å². The maximum Gasteiger partial charge on any atom is 0.254 e. The van der Waals surface area contributed by atoms with Gasteiger partial charge in [0.05, 0.1) is 4.90 Å². The molecule has 5 heteroatoms. The molecule has 0 aliphatic rings. The van der Waals surface area contributed by atoms with Gasteiger partial charge >= 0.3 is 0 Å². The molecule has 3 aromatic carbocycles. The molecule has 0 heterocycles. The summed E-state index contributed by atoms with van der Waals surface area (Å²) < 4.78 is 23.9. The first-order valence-corrected chi connectivity index (χ1v) is 10.9. The first-order chi connectivity index (χ1) is 13.3. The fourth-order valence-electron chi connectivity index (χ4n) is 3.04. The lowest BCUT2D eigenvalue weighted by Gasteiger charge is -2.24. The number of carbonyl (C=O) groups is 1. The quantitative estimate of drug-likeness (QED) is 0.629. The van der Waals surface area contributed by atoms with Gasteiger partial charge in [0.15, 0.2) is 9.84 Å². The smallest absolute Gasteiger partial charge is 0.254 e. The van der Waals surface area contributed by atoms with Gasteiger partial charge in [0.1, 0.15) is 0 Å². The third-order valence-corrected chi connectivity index (χ3v) is 5.70. The molecule has 0 aliphatic carbocycles. The fourth-order valence-corrected chi connectivity index (χ4v) is 3.69. The molecule has 28 heavy (non-hydrogen) atoms. The number of rotatable bonds is 6. The molecule has 0 N–H and O–H groups in total. The average molecular weight is 394 g/mol. The second kappa shape index (κ2) is 8.40. The van der Waals surface area contributed by atoms with Gasteiger partial charge in [-0.05, 0) is 35.7 Å². The van der Waals surface area contributed by atoms with Gasteiger partial charge < -0.3 is 4.90 Å². The summed E-state index contributed by atoms with van der Waals surface area (Å²) in [7, 11) is -3.39. The minimum absolute atomic E-state index is 0.154. The molecule has 0 aliphatic heterocycles. The molecule has 3 aromatic rings. The van der Waals surface area contributed by atoms with Gasteiger partial charge in [-0.3, -0.25) is 4.79 Å². The topological polar surface area (TPSA) is 54.5 Å². The van der Waals surface area contributed by atoms with Crippen molar-refractivity contribution in [3.63, 3.8) is 0 Å². The zero-order valence-corrected chi connectivity index (χ0v) is 16.8. The van der Waals surface area contributed by atoms with Gasteiger partial charge in [-0.25, -0.2) is 8.42 Å². The molecule has 3 rings (SSSR count). The lowest BCUT2D eigenvalue weighted by atomic mass is 10.1. The number of benzene rings is 3. The Labute approximate surface area is 166 Å². The van der Waals surface area contributed by atoms with Crippen LogP contribution in [0, 0.1) is 6.92 Å². The van der Waals surface area contributed by atoms with Gasteiger partial charge in [0.25, 0.3) is 5.91 Å². The Hall–Kier alpha value is -2.92. The summed E-state index contributed by atoms with van der Waals surface area (Å²) in [4.78, 5) is 15.3. The minimum atomic E-state index is -3.39. The monoisotopic (exact) mass is 393 g/mol. The van der Waals surface area contributed by atoms with E-state index in [4.69, 9.17) is 0 Å². The first kappa shape index (κ1) is 19.8. The third-order valence-electron chi connectivity index (χ3n) is 4.59. The van der Waals surface area contributed by atoms with E-state index in [2.05, 4.69) is 0 Å². The maximum atomic E-state index is 13.4. The largest absolute Gasteiger partial charge is 0.330 e. The summed E-state index contributed by atoms with van der Waals surface area (Å²) in [5.74, 6) is -0.185. The summed E-state index contributed by atoms with van der Waals surface area (Å²) in [6, 6.07) is 24.3. The average Bonchev–Trinajstić information content (AvgIpc) is 2.68. The number of hydrogen-bond acceptors (Lipinski definition) is 3. The highest BCUT2D eigenvalue weighted by Gasteiger charge is 2.20. The number of nitrogens with zero attached hydrogens (tertiary/aromatic N) is 1. The van der Waals surface area contributed by atoms with Crippen molar-refractivity contribution in [2.45, 2.75) is 24.9 Å². The molecule has 0 atom stereocenters. The van der Waals surface area contributed by atoms with Crippen molar-refractivity contribution in [2.75, 3.05) is 6.26 Å². The van der Waals surface area contributed by atoms with Crippen LogP contribution in [0.1, 0.15) is 27.0 Å². The summed E-state index contributed by atoms with van der Waals surface area (Å²) >= 11 is 0. The first-order valence-electron chi connectivity index (χ1n) is 9.02. The van der Waals surface area contributed by atoms with Crippen LogP contribution in [-0.2, 0) is 22.9 Å². The molecular weight excluding hydrogens is 370 g/mol. The van der Waals surface area contributed by atoms with E-state index < -0.39 is 9.84 Å². The molecule has 4 nitrogen and oxygen atoms in total. The van der Waals surface area contributed by atoms with Crippen molar-refractivity contribution in [3.8, 4) is 0 Å². The second-order valence-electron chi connectivity index (χ2n) is 6.88. The van der Waals surface area contributed by atoms with Crippen LogP contribution in [0.2, 0.25) is 0 Å². The molecular formula is C23H23NO3S. The van der Waals surface area contributed by atoms with Crippen LogP contribution in [0.4, 0.5) is 0 Å². The minimum Gasteiger partial charge on any atom is -0.330 e. The van der Waals surface area contributed by atoms with Crippen LogP contribution in [0.5, 0.6) is 0 Å². The number of aryl methyl sites for hydroxylation is 1. The summed E-state index contributed by atoms with van der Waals surface area (Å²) in [5, 5.41) is 0. The highest BCUT2D eigenvalue weighted by atomic mass is 32.2. The van der Waals surface area contributed by atoms with Crippen molar-refractivity contribution in [2.24, 2.45) is 0 Å². The predicted octanol–water partition coefficient (Wildman–Crippen LogP) is 4.24. The molecule has 144 valence electrons. The molecule has 0 saturated heterocycles. The van der Waals surface area contributed by atoms with Crippen molar-refractivity contribution in [1.29, 1.82) is 0 Å². The Morgan fingerprint density at radius 3 is 1.79 bits per heavy atom. The van der Waals surface area contributed by atoms with Crippen molar-refractivity contribution >= 4 is 15.7 Å². The molecule has 1 amide bonds. The number of hydrogen-bond donors (Lipinski definition) is 0. The molecule has 0 unspecified atom stereocenters. The standard InChI is InChI=1S/C23H23NO3S/c1-18-13-14-21(28(2,26)27)15-22(18)23(25)24(16-19-9-5-3-6-10-19)17-20-11-7-4-8-12-20/h3-15H,16-17H2,1-2H3. The Balaban J connectivity index is 1.98. The van der Waals surface area contributed by atoms with Crippen molar-refractivity contribution in [1.82, 2.24) is 4.90 Å². The van der Waals surface area contributed by atoms with E-state index in [0.29, 0.717) is 18.7 Å². The molecule has 0 aromatic heterocycles. The van der Waals surface area contributed by atoms with E-state index >= 15 is 0 Å². The summed E-state index contributed by atoms with van der Waals surface area (Å²) in [6.45, 7) is 2.71. The normalized spacial score (nSPS) is 11.2. The van der Waals surface area contributed by atoms with Crippen LogP contribution >= 0.6 is 0 Å². The zero-order valence-electron chi connectivity index (χ0n) is 16.0. The van der Waals surface area contributed by atoms with Crippen LogP contribution in [0.3, 0.4) is 0 Å². The van der Waals surface area contributed by atoms with E-state index in [0.717, 1.165) is 22.9 Å². The van der Waals surface area contributed by atoms with E-state index in [-0.39, 0.29) is 10.8 Å². The van der Waals surface area contributed by atoms with Crippen molar-refractivity contribution < 1.29 is 13.2 Å². The summed E-state index contributed by atoms with van der Waals surface area (Å²) in [6.07, 6.45) is 1.15. The zero-order chi connectivity index (χ0) is 20.1. The Bertz CT molecular complexity index is 1020. The summed E-state index contributed by atoms with van der Waals surface area (Å²) in [5.41, 5.74) is 3.20. The van der Waals surface area contributed by atoms with Crippen molar-refractivity contribution in [3.05, 3.63) is 101 Å². The predicted molar refractivity (Wildman–Crippen MR) is 111 cm³/mol. The van der Waals surface area contributed by atoms with Gasteiger partial charge in [0, 0.05) is 24.9 Å². The van der Waals surface area contributed by atoms with Gasteiger partial charge in [-0.2, -0.15) is 0 Å². The molecule has 0 spiro atoms. The fraction of sp³-hybridized carbons (Fsp3) is 0.174. The number of carbonyl (C=O) groups excluding carboxylic acids is 1. The number of amides is 1. The molecule has 0 radical (unpaired) electrons. The Kier molecular flexibility index (Phi) is 5.95. The Morgan fingerprint density at radius 1 is 0.821 bits per heavy atom. The Morgan fingerprint density at radius 2 is 1.32 bits per heavy atom. The van der Waals surface area contributed by atoms with Crippen LogP contribution in [0.15, 0.2) is 83.8 Å². The molecule has 0 bridgehead atoms. The lowest BCUT2D eigenvalue weighted by molar-refractivity contribution is 0.0729. The van der Waals surface area contributed by atoms with E-state index in [9.17, 15) is 13.2 Å². The molecule has 0 saturated carbocycles. The van der Waals surface area contributed by atoms with E-state index in [1.54, 1.807) is 17.0 Å². The van der Waals surface area contributed by atoms with E-state index in [1.165, 1.54) is 6.07 Å². The molecule has 0 fully saturated rings. The maximum absolute atomic E-state index is 13.4. The lowest BCUT2D eigenvalue weighted by Crippen LogP contribution is -2.30. The van der Waals surface area contributed by atoms with Crippen LogP contribution < -0.4 is 0 Å². The van der Waals surface area contributed by atoms with E-state index in [1.807, 2.05) is 67.6 Å². The third kappa shape index (κ3) is 4.87. The van der Waals surface area contributed by atoms with Crippen LogP contribution in [-0.4, -0.2) is 25.5 Å². The highest BCUT2D eigenvalue weighted by molar-refractivity contribution is 7.90. The second-order valence-corrected chi connectivity index (χ2v) is 8.90. The SMILES string of the molecule is Cc1ccc(S(C)(=O)=O)cc1C(=O)N(Cc1ccccc1)Cc1ccccc1. The number of sulfone groups is 1.